The van der Waals surface area contributed by atoms with E-state index in [2.05, 4.69) is 27.2 Å². The number of nitrogens with zero attached hydrogens (tertiary/aromatic N) is 2. The number of carbonyl (C=O) groups is 1. The first kappa shape index (κ1) is 21.6. The van der Waals surface area contributed by atoms with E-state index in [0.717, 1.165) is 63.1 Å². The lowest BCUT2D eigenvalue weighted by Gasteiger charge is -2.38. The third-order valence-corrected chi connectivity index (χ3v) is 7.07. The zero-order chi connectivity index (χ0) is 21.9. The molecule has 0 saturated carbocycles. The van der Waals surface area contributed by atoms with Crippen molar-refractivity contribution in [1.29, 1.82) is 0 Å². The highest BCUT2D eigenvalue weighted by molar-refractivity contribution is 5.81. The Hall–Kier alpha value is -2.28. The molecule has 1 amide bonds. The maximum atomic E-state index is 13.7. The fourth-order valence-electron chi connectivity index (χ4n) is 5.16. The summed E-state index contributed by atoms with van der Waals surface area (Å²) in [6, 6.07) is 15.5. The Morgan fingerprint density at radius 1 is 1.03 bits per heavy atom. The average molecular weight is 438 g/mol. The van der Waals surface area contributed by atoms with E-state index in [1.165, 1.54) is 18.1 Å². The molecule has 6 heteroatoms. The molecular formula is C26H32FN3O2. The van der Waals surface area contributed by atoms with Gasteiger partial charge in [-0.1, -0.05) is 36.4 Å². The summed E-state index contributed by atoms with van der Waals surface area (Å²) in [6.45, 7) is 4.94. The Morgan fingerprint density at radius 3 is 2.56 bits per heavy atom. The number of amides is 1. The second kappa shape index (κ2) is 9.69. The molecule has 3 atom stereocenters. The smallest absolute Gasteiger partial charge is 0.249 e. The van der Waals surface area contributed by atoms with Gasteiger partial charge in [0.2, 0.25) is 5.91 Å². The molecule has 170 valence electrons. The van der Waals surface area contributed by atoms with Crippen LogP contribution in [0.25, 0.3) is 11.1 Å². The van der Waals surface area contributed by atoms with Crippen LogP contribution in [0, 0.1) is 5.82 Å². The first-order valence-corrected chi connectivity index (χ1v) is 11.9. The summed E-state index contributed by atoms with van der Waals surface area (Å²) < 4.78 is 19.3. The number of carbonyl (C=O) groups excluding carboxylic acids is 1. The quantitative estimate of drug-likeness (QED) is 0.721. The lowest BCUT2D eigenvalue weighted by molar-refractivity contribution is -0.131. The van der Waals surface area contributed by atoms with Crippen molar-refractivity contribution < 1.29 is 13.9 Å². The van der Waals surface area contributed by atoms with Crippen molar-refractivity contribution in [3.05, 3.63) is 59.9 Å². The summed E-state index contributed by atoms with van der Waals surface area (Å²) in [4.78, 5) is 17.8. The summed E-state index contributed by atoms with van der Waals surface area (Å²) in [5, 5.41) is 3.31. The van der Waals surface area contributed by atoms with Crippen LogP contribution in [0.3, 0.4) is 0 Å². The molecule has 3 fully saturated rings. The van der Waals surface area contributed by atoms with Gasteiger partial charge >= 0.3 is 0 Å². The fraction of sp³-hybridized carbons (Fsp3) is 0.500. The van der Waals surface area contributed by atoms with E-state index in [0.29, 0.717) is 6.61 Å². The molecule has 3 heterocycles. The first-order valence-electron chi connectivity index (χ1n) is 11.9. The van der Waals surface area contributed by atoms with E-state index in [9.17, 15) is 9.18 Å². The van der Waals surface area contributed by atoms with E-state index in [1.807, 2.05) is 18.2 Å². The number of benzene rings is 2. The average Bonchev–Trinajstić information content (AvgIpc) is 3.42. The molecule has 32 heavy (non-hydrogen) atoms. The molecule has 0 aliphatic carbocycles. The number of halogens is 1. The third-order valence-electron chi connectivity index (χ3n) is 7.07. The molecule has 3 aliphatic rings. The van der Waals surface area contributed by atoms with Gasteiger partial charge in [-0.25, -0.2) is 4.39 Å². The Bertz CT molecular complexity index is 942. The predicted octanol–water partition coefficient (Wildman–Crippen LogP) is 3.44. The monoisotopic (exact) mass is 437 g/mol. The van der Waals surface area contributed by atoms with Gasteiger partial charge in [0.15, 0.2) is 0 Å². The van der Waals surface area contributed by atoms with Crippen LogP contribution < -0.4 is 5.32 Å². The highest BCUT2D eigenvalue weighted by Crippen LogP contribution is 2.27. The molecular weight excluding hydrogens is 405 g/mol. The minimum atomic E-state index is -0.295. The Labute approximate surface area is 189 Å². The van der Waals surface area contributed by atoms with Crippen molar-refractivity contribution in [3.8, 4) is 11.1 Å². The molecule has 0 aromatic heterocycles. The molecule has 3 aliphatic heterocycles. The predicted molar refractivity (Wildman–Crippen MR) is 123 cm³/mol. The van der Waals surface area contributed by atoms with Crippen LogP contribution in [0.2, 0.25) is 0 Å². The normalized spacial score (nSPS) is 26.2. The van der Waals surface area contributed by atoms with E-state index < -0.39 is 0 Å². The third kappa shape index (κ3) is 4.87. The van der Waals surface area contributed by atoms with Crippen LogP contribution in [0.4, 0.5) is 4.39 Å². The second-order valence-corrected chi connectivity index (χ2v) is 9.31. The number of hydrogen-bond acceptors (Lipinski definition) is 4. The largest absolute Gasteiger partial charge is 0.368 e. The molecule has 0 bridgehead atoms. The molecule has 0 radical (unpaired) electrons. The molecule has 2 aromatic rings. The van der Waals surface area contributed by atoms with Crippen LogP contribution in [-0.2, 0) is 16.0 Å². The SMILES string of the molecule is O=C(N[C@H]1CCN(CN2CCC2)[C@H]1Cc1cccc(-c2cccc(F)c2)c1)[C@@H]1CCCO1. The molecule has 0 spiro atoms. The molecule has 1 N–H and O–H groups in total. The van der Waals surface area contributed by atoms with Gasteiger partial charge < -0.3 is 10.1 Å². The standard InChI is InChI=1S/C26H32FN3O2/c27-22-8-2-7-21(17-22)20-6-1-5-19(15-20)16-24-23(28-26(31)25-9-3-14-32-25)10-13-30(24)18-29-11-4-12-29/h1-2,5-8,15,17,23-25H,3-4,9-14,16,18H2,(H,28,31)/t23-,24-,25-/m0/s1. The number of likely N-dealkylation sites (tertiary alicyclic amines) is 2. The highest BCUT2D eigenvalue weighted by Gasteiger charge is 2.38. The van der Waals surface area contributed by atoms with Crippen LogP contribution in [0.15, 0.2) is 48.5 Å². The summed E-state index contributed by atoms with van der Waals surface area (Å²) in [7, 11) is 0. The van der Waals surface area contributed by atoms with Gasteiger partial charge in [-0.05, 0) is 60.9 Å². The zero-order valence-electron chi connectivity index (χ0n) is 18.5. The second-order valence-electron chi connectivity index (χ2n) is 9.31. The van der Waals surface area contributed by atoms with Crippen molar-refractivity contribution in [2.75, 3.05) is 32.9 Å². The maximum absolute atomic E-state index is 13.7. The fourth-order valence-corrected chi connectivity index (χ4v) is 5.16. The maximum Gasteiger partial charge on any atom is 0.249 e. The molecule has 2 aromatic carbocycles. The van der Waals surface area contributed by atoms with Gasteiger partial charge in [-0.15, -0.1) is 0 Å². The van der Waals surface area contributed by atoms with Gasteiger partial charge in [-0.3, -0.25) is 14.6 Å². The number of hydrogen-bond donors (Lipinski definition) is 1. The Balaban J connectivity index is 1.33. The molecule has 0 unspecified atom stereocenters. The summed E-state index contributed by atoms with van der Waals surface area (Å²) in [5.41, 5.74) is 3.12. The number of rotatable bonds is 7. The Morgan fingerprint density at radius 2 is 1.84 bits per heavy atom. The molecule has 5 nitrogen and oxygen atoms in total. The van der Waals surface area contributed by atoms with Gasteiger partial charge in [0.25, 0.3) is 0 Å². The highest BCUT2D eigenvalue weighted by atomic mass is 19.1. The zero-order valence-corrected chi connectivity index (χ0v) is 18.5. The summed E-state index contributed by atoms with van der Waals surface area (Å²) in [6.07, 6.45) is 4.56. The topological polar surface area (TPSA) is 44.8 Å². The van der Waals surface area contributed by atoms with E-state index in [1.54, 1.807) is 12.1 Å². The van der Waals surface area contributed by atoms with E-state index in [-0.39, 0.29) is 29.9 Å². The van der Waals surface area contributed by atoms with Gasteiger partial charge in [0.05, 0.1) is 6.67 Å². The van der Waals surface area contributed by atoms with E-state index in [4.69, 9.17) is 4.74 Å². The van der Waals surface area contributed by atoms with Gasteiger partial charge in [0.1, 0.15) is 11.9 Å². The van der Waals surface area contributed by atoms with Crippen LogP contribution in [0.5, 0.6) is 0 Å². The number of ether oxygens (including phenoxy) is 1. The van der Waals surface area contributed by atoms with Crippen LogP contribution in [-0.4, -0.2) is 66.8 Å². The van der Waals surface area contributed by atoms with Crippen molar-refractivity contribution in [3.63, 3.8) is 0 Å². The summed E-state index contributed by atoms with van der Waals surface area (Å²) >= 11 is 0. The van der Waals surface area contributed by atoms with Crippen molar-refractivity contribution in [1.82, 2.24) is 15.1 Å². The molecule has 5 rings (SSSR count). The first-order chi connectivity index (χ1) is 15.7. The lowest BCUT2D eigenvalue weighted by atomic mass is 9.96. The molecule has 3 saturated heterocycles. The minimum Gasteiger partial charge on any atom is -0.368 e. The van der Waals surface area contributed by atoms with E-state index >= 15 is 0 Å². The van der Waals surface area contributed by atoms with Gasteiger partial charge in [0, 0.05) is 38.3 Å². The lowest BCUT2D eigenvalue weighted by Crippen LogP contribution is -2.52. The summed E-state index contributed by atoms with van der Waals surface area (Å²) in [5.74, 6) is -0.182. The van der Waals surface area contributed by atoms with Crippen molar-refractivity contribution in [2.45, 2.75) is 50.3 Å². The minimum absolute atomic E-state index is 0.0387. The number of nitrogens with one attached hydrogen (secondary N) is 1. The van der Waals surface area contributed by atoms with Crippen molar-refractivity contribution >= 4 is 5.91 Å². The van der Waals surface area contributed by atoms with Crippen LogP contribution in [0.1, 0.15) is 31.2 Å². The van der Waals surface area contributed by atoms with Gasteiger partial charge in [-0.2, -0.15) is 0 Å². The van der Waals surface area contributed by atoms with Crippen molar-refractivity contribution in [2.24, 2.45) is 0 Å². The Kier molecular flexibility index (Phi) is 6.53. The van der Waals surface area contributed by atoms with Crippen LogP contribution >= 0.6 is 0 Å².